The minimum Gasteiger partial charge on any atom is -0.322 e. The molecule has 90 valence electrons. The molecule has 0 spiro atoms. The highest BCUT2D eigenvalue weighted by Crippen LogP contribution is 2.48. The summed E-state index contributed by atoms with van der Waals surface area (Å²) in [5.74, 6) is 2.14. The molecule has 0 N–H and O–H groups in total. The molecule has 1 heterocycles. The molecule has 0 aliphatic heterocycles. The van der Waals surface area contributed by atoms with E-state index < -0.39 is 0 Å². The highest BCUT2D eigenvalue weighted by molar-refractivity contribution is 6.35. The van der Waals surface area contributed by atoms with E-state index in [4.69, 9.17) is 23.2 Å². The molecule has 2 nitrogen and oxygen atoms in total. The lowest BCUT2D eigenvalue weighted by Gasteiger charge is -2.07. The third-order valence-corrected chi connectivity index (χ3v) is 4.14. The standard InChI is InChI=1S/C13H14Cl2N2/c1-2-8-6-11(8)17-12(7-14)16-10-5-3-4-9(15)13(10)17/h3-5,8,11H,2,6-7H2,1H3. The van der Waals surface area contributed by atoms with Crippen molar-refractivity contribution in [3.8, 4) is 0 Å². The number of hydrogen-bond donors (Lipinski definition) is 0. The SMILES string of the molecule is CCC1CC1n1c(CCl)nc2cccc(Cl)c21. The second-order valence-electron chi connectivity index (χ2n) is 4.61. The van der Waals surface area contributed by atoms with Gasteiger partial charge in [0.2, 0.25) is 0 Å². The van der Waals surface area contributed by atoms with E-state index in [9.17, 15) is 0 Å². The molecule has 0 saturated heterocycles. The van der Waals surface area contributed by atoms with Gasteiger partial charge in [0.05, 0.1) is 21.9 Å². The molecule has 1 saturated carbocycles. The van der Waals surface area contributed by atoms with Crippen LogP contribution in [-0.4, -0.2) is 9.55 Å². The highest BCUT2D eigenvalue weighted by atomic mass is 35.5. The van der Waals surface area contributed by atoms with Crippen molar-refractivity contribution in [1.82, 2.24) is 9.55 Å². The van der Waals surface area contributed by atoms with E-state index in [-0.39, 0.29) is 0 Å². The average molecular weight is 269 g/mol. The molecule has 1 aromatic heterocycles. The molecule has 3 rings (SSSR count). The third kappa shape index (κ3) is 1.74. The van der Waals surface area contributed by atoms with Gasteiger partial charge in [0.15, 0.2) is 0 Å². The molecular formula is C13H14Cl2N2. The van der Waals surface area contributed by atoms with E-state index in [0.29, 0.717) is 11.9 Å². The normalized spacial score (nSPS) is 23.2. The monoisotopic (exact) mass is 268 g/mol. The van der Waals surface area contributed by atoms with Crippen molar-refractivity contribution in [2.75, 3.05) is 0 Å². The first-order valence-electron chi connectivity index (χ1n) is 5.97. The molecular weight excluding hydrogens is 255 g/mol. The van der Waals surface area contributed by atoms with Crippen LogP contribution in [0.25, 0.3) is 11.0 Å². The maximum atomic E-state index is 6.29. The molecule has 1 aliphatic rings. The highest BCUT2D eigenvalue weighted by Gasteiger charge is 2.39. The number of nitrogens with zero attached hydrogens (tertiary/aromatic N) is 2. The number of halogens is 2. The van der Waals surface area contributed by atoms with Crippen molar-refractivity contribution in [2.24, 2.45) is 5.92 Å². The van der Waals surface area contributed by atoms with Gasteiger partial charge in [-0.2, -0.15) is 0 Å². The first kappa shape index (κ1) is 11.4. The van der Waals surface area contributed by atoms with Gasteiger partial charge in [-0.15, -0.1) is 11.6 Å². The van der Waals surface area contributed by atoms with Crippen LogP contribution in [0.1, 0.15) is 31.6 Å². The Balaban J connectivity index is 2.20. The van der Waals surface area contributed by atoms with Gasteiger partial charge in [-0.1, -0.05) is 31.0 Å². The van der Waals surface area contributed by atoms with Crippen LogP contribution < -0.4 is 0 Å². The lowest BCUT2D eigenvalue weighted by molar-refractivity contribution is 0.637. The summed E-state index contributed by atoms with van der Waals surface area (Å²) < 4.78 is 2.25. The fraction of sp³-hybridized carbons (Fsp3) is 0.462. The number of para-hydroxylation sites is 1. The molecule has 0 radical (unpaired) electrons. The predicted molar refractivity (Wildman–Crippen MR) is 71.7 cm³/mol. The first-order valence-corrected chi connectivity index (χ1v) is 6.88. The van der Waals surface area contributed by atoms with Gasteiger partial charge < -0.3 is 4.57 Å². The van der Waals surface area contributed by atoms with Crippen molar-refractivity contribution in [3.05, 3.63) is 29.0 Å². The van der Waals surface area contributed by atoms with Crippen LogP contribution in [0.4, 0.5) is 0 Å². The molecule has 17 heavy (non-hydrogen) atoms. The maximum Gasteiger partial charge on any atom is 0.125 e. The van der Waals surface area contributed by atoms with Crippen LogP contribution in [-0.2, 0) is 5.88 Å². The predicted octanol–water partition coefficient (Wildman–Crippen LogP) is 4.40. The molecule has 1 aromatic carbocycles. The van der Waals surface area contributed by atoms with E-state index in [2.05, 4.69) is 16.5 Å². The Hall–Kier alpha value is -0.730. The molecule has 0 amide bonds. The van der Waals surface area contributed by atoms with Crippen molar-refractivity contribution in [1.29, 1.82) is 0 Å². The van der Waals surface area contributed by atoms with Crippen LogP contribution in [0.2, 0.25) is 5.02 Å². The molecule has 1 aliphatic carbocycles. The van der Waals surface area contributed by atoms with E-state index >= 15 is 0 Å². The molecule has 1 fully saturated rings. The Morgan fingerprint density at radius 2 is 2.29 bits per heavy atom. The number of benzene rings is 1. The summed E-state index contributed by atoms with van der Waals surface area (Å²) in [5, 5.41) is 0.771. The molecule has 2 atom stereocenters. The van der Waals surface area contributed by atoms with Crippen molar-refractivity contribution >= 4 is 34.2 Å². The van der Waals surface area contributed by atoms with Crippen LogP contribution in [0, 0.1) is 5.92 Å². The zero-order valence-corrected chi connectivity index (χ0v) is 11.2. The van der Waals surface area contributed by atoms with Crippen LogP contribution >= 0.6 is 23.2 Å². The van der Waals surface area contributed by atoms with Gasteiger partial charge in [-0.05, 0) is 24.5 Å². The van der Waals surface area contributed by atoms with Gasteiger partial charge in [0, 0.05) is 6.04 Å². The van der Waals surface area contributed by atoms with E-state index in [1.54, 1.807) is 0 Å². The molecule has 2 aromatic rings. The minimum absolute atomic E-state index is 0.442. The zero-order valence-electron chi connectivity index (χ0n) is 9.66. The topological polar surface area (TPSA) is 17.8 Å². The van der Waals surface area contributed by atoms with Gasteiger partial charge in [-0.3, -0.25) is 0 Å². The summed E-state index contributed by atoms with van der Waals surface area (Å²) in [4.78, 5) is 4.57. The van der Waals surface area contributed by atoms with Gasteiger partial charge in [-0.25, -0.2) is 4.98 Å². The summed E-state index contributed by atoms with van der Waals surface area (Å²) in [5.41, 5.74) is 2.00. The lowest BCUT2D eigenvalue weighted by Crippen LogP contribution is -2.01. The van der Waals surface area contributed by atoms with Crippen LogP contribution in [0.3, 0.4) is 0 Å². The number of fused-ring (bicyclic) bond motifs is 1. The van der Waals surface area contributed by atoms with Crippen molar-refractivity contribution in [3.63, 3.8) is 0 Å². The summed E-state index contributed by atoms with van der Waals surface area (Å²) in [6, 6.07) is 6.39. The fourth-order valence-corrected chi connectivity index (χ4v) is 3.04. The number of rotatable bonds is 3. The summed E-state index contributed by atoms with van der Waals surface area (Å²) in [6.07, 6.45) is 2.42. The second kappa shape index (κ2) is 4.18. The molecule has 4 heteroatoms. The fourth-order valence-electron chi connectivity index (χ4n) is 2.59. The Bertz CT molecular complexity index is 562. The Morgan fingerprint density at radius 3 is 2.94 bits per heavy atom. The third-order valence-electron chi connectivity index (χ3n) is 3.59. The van der Waals surface area contributed by atoms with Crippen LogP contribution in [0.5, 0.6) is 0 Å². The van der Waals surface area contributed by atoms with Crippen LogP contribution in [0.15, 0.2) is 18.2 Å². The van der Waals surface area contributed by atoms with E-state index in [1.165, 1.54) is 12.8 Å². The average Bonchev–Trinajstić information content (AvgIpc) is 3.01. The summed E-state index contributed by atoms with van der Waals surface area (Å²) >= 11 is 12.3. The van der Waals surface area contributed by atoms with E-state index in [1.807, 2.05) is 18.2 Å². The van der Waals surface area contributed by atoms with E-state index in [0.717, 1.165) is 27.8 Å². The Kier molecular flexibility index (Phi) is 2.80. The zero-order chi connectivity index (χ0) is 12.0. The van der Waals surface area contributed by atoms with Gasteiger partial charge >= 0.3 is 0 Å². The second-order valence-corrected chi connectivity index (χ2v) is 5.29. The Labute approximate surface area is 111 Å². The quantitative estimate of drug-likeness (QED) is 0.755. The smallest absolute Gasteiger partial charge is 0.125 e. The number of alkyl halides is 1. The lowest BCUT2D eigenvalue weighted by atomic mass is 10.3. The van der Waals surface area contributed by atoms with Gasteiger partial charge in [0.1, 0.15) is 5.82 Å². The maximum absolute atomic E-state index is 6.29. The Morgan fingerprint density at radius 1 is 1.47 bits per heavy atom. The van der Waals surface area contributed by atoms with Crippen molar-refractivity contribution < 1.29 is 0 Å². The number of aromatic nitrogens is 2. The largest absolute Gasteiger partial charge is 0.322 e. The summed E-state index contributed by atoms with van der Waals surface area (Å²) in [7, 11) is 0. The number of imidazole rings is 1. The minimum atomic E-state index is 0.442. The summed E-state index contributed by atoms with van der Waals surface area (Å²) in [6.45, 7) is 2.23. The molecule has 2 unspecified atom stereocenters. The number of hydrogen-bond acceptors (Lipinski definition) is 1. The van der Waals surface area contributed by atoms with Gasteiger partial charge in [0.25, 0.3) is 0 Å². The molecule has 0 bridgehead atoms. The van der Waals surface area contributed by atoms with Crippen molar-refractivity contribution in [2.45, 2.75) is 31.7 Å². The first-order chi connectivity index (χ1) is 8.26.